The summed E-state index contributed by atoms with van der Waals surface area (Å²) in [5.41, 5.74) is -0.802. The van der Waals surface area contributed by atoms with Crippen molar-refractivity contribution in [3.63, 3.8) is 0 Å². The first-order chi connectivity index (χ1) is 13.2. The second-order valence-corrected chi connectivity index (χ2v) is 6.72. The van der Waals surface area contributed by atoms with Gasteiger partial charge in [-0.25, -0.2) is 4.39 Å². The van der Waals surface area contributed by atoms with Crippen LogP contribution in [0.15, 0.2) is 48.5 Å². The topological polar surface area (TPSA) is 49.4 Å². The second-order valence-electron chi connectivity index (χ2n) is 6.72. The largest absolute Gasteiger partial charge is 0.418 e. The number of benzene rings is 2. The third kappa shape index (κ3) is 4.00. The van der Waals surface area contributed by atoms with Crippen LogP contribution in [-0.2, 0) is 15.8 Å². The van der Waals surface area contributed by atoms with Crippen LogP contribution in [0.25, 0.3) is 0 Å². The lowest BCUT2D eigenvalue weighted by Gasteiger charge is -2.35. The van der Waals surface area contributed by atoms with E-state index in [4.69, 9.17) is 0 Å². The first-order valence-electron chi connectivity index (χ1n) is 8.66. The summed E-state index contributed by atoms with van der Waals surface area (Å²) in [6.45, 7) is 0.393. The molecule has 2 atom stereocenters. The average molecular weight is 394 g/mol. The zero-order valence-corrected chi connectivity index (χ0v) is 15.0. The van der Waals surface area contributed by atoms with E-state index >= 15 is 0 Å². The molecule has 3 rings (SSSR count). The van der Waals surface area contributed by atoms with Crippen molar-refractivity contribution in [2.45, 2.75) is 18.5 Å². The molecule has 0 unspecified atom stereocenters. The van der Waals surface area contributed by atoms with Gasteiger partial charge in [-0.15, -0.1) is 0 Å². The monoisotopic (exact) mass is 394 g/mol. The molecule has 0 bridgehead atoms. The van der Waals surface area contributed by atoms with Crippen LogP contribution >= 0.6 is 0 Å². The summed E-state index contributed by atoms with van der Waals surface area (Å²) in [6.07, 6.45) is -4.21. The minimum atomic E-state index is -4.65. The molecule has 0 radical (unpaired) electrons. The minimum Gasteiger partial charge on any atom is -0.345 e. The molecule has 1 fully saturated rings. The van der Waals surface area contributed by atoms with Crippen molar-refractivity contribution in [3.8, 4) is 0 Å². The Kier molecular flexibility index (Phi) is 5.40. The van der Waals surface area contributed by atoms with Crippen molar-refractivity contribution in [2.24, 2.45) is 5.92 Å². The van der Waals surface area contributed by atoms with Gasteiger partial charge in [-0.05, 0) is 36.2 Å². The maximum absolute atomic E-state index is 13.2. The molecular formula is C20H18F4N2O2. The summed E-state index contributed by atoms with van der Waals surface area (Å²) in [7, 11) is 1.53. The van der Waals surface area contributed by atoms with E-state index in [1.807, 2.05) is 0 Å². The Balaban J connectivity index is 1.93. The maximum atomic E-state index is 13.2. The Labute approximate surface area is 159 Å². The van der Waals surface area contributed by atoms with Crippen LogP contribution in [0.3, 0.4) is 0 Å². The zero-order chi connectivity index (χ0) is 20.5. The van der Waals surface area contributed by atoms with Crippen LogP contribution in [0.2, 0.25) is 0 Å². The van der Waals surface area contributed by atoms with Crippen LogP contribution in [-0.4, -0.2) is 30.3 Å². The molecule has 2 aromatic carbocycles. The zero-order valence-electron chi connectivity index (χ0n) is 15.0. The van der Waals surface area contributed by atoms with Gasteiger partial charge >= 0.3 is 6.18 Å². The van der Waals surface area contributed by atoms with Gasteiger partial charge in [-0.3, -0.25) is 9.59 Å². The quantitative estimate of drug-likeness (QED) is 0.631. The molecule has 8 heteroatoms. The predicted octanol–water partition coefficient (Wildman–Crippen LogP) is 4.05. The molecule has 4 nitrogen and oxygen atoms in total. The van der Waals surface area contributed by atoms with Gasteiger partial charge in [0.1, 0.15) is 11.7 Å². The number of nitrogens with one attached hydrogen (secondary N) is 1. The Morgan fingerprint density at radius 3 is 2.39 bits per heavy atom. The summed E-state index contributed by atoms with van der Waals surface area (Å²) < 4.78 is 52.8. The molecule has 0 aromatic heterocycles. The molecule has 0 aliphatic carbocycles. The minimum absolute atomic E-state index is 0.393. The summed E-state index contributed by atoms with van der Waals surface area (Å²) >= 11 is 0. The van der Waals surface area contributed by atoms with Gasteiger partial charge in [0.25, 0.3) is 0 Å². The molecule has 28 heavy (non-hydrogen) atoms. The van der Waals surface area contributed by atoms with Crippen LogP contribution in [0.4, 0.5) is 23.2 Å². The fourth-order valence-corrected chi connectivity index (χ4v) is 3.43. The molecule has 0 saturated carbocycles. The van der Waals surface area contributed by atoms with Gasteiger partial charge in [0, 0.05) is 19.5 Å². The standard InChI is InChI=1S/C20H18F4N2O2/c1-26-11-10-14(12-6-8-13(21)9-7-12)17(19(26)28)18(27)25-16-5-3-2-4-15(16)20(22,23)24/h2-9,14,17H,10-11H2,1H3,(H,25,27)/t14-,17+/m1/s1. The molecule has 2 aromatic rings. The van der Waals surface area contributed by atoms with E-state index < -0.39 is 46.9 Å². The van der Waals surface area contributed by atoms with Gasteiger partial charge in [0.2, 0.25) is 11.8 Å². The van der Waals surface area contributed by atoms with Gasteiger partial charge in [-0.2, -0.15) is 13.2 Å². The fraction of sp³-hybridized carbons (Fsp3) is 0.300. The molecule has 2 amide bonds. The van der Waals surface area contributed by atoms with Crippen LogP contribution in [0.1, 0.15) is 23.5 Å². The van der Waals surface area contributed by atoms with Gasteiger partial charge < -0.3 is 10.2 Å². The van der Waals surface area contributed by atoms with Crippen molar-refractivity contribution in [1.82, 2.24) is 4.90 Å². The lowest BCUT2D eigenvalue weighted by atomic mass is 9.79. The van der Waals surface area contributed by atoms with E-state index in [0.29, 0.717) is 18.5 Å². The van der Waals surface area contributed by atoms with E-state index in [1.54, 1.807) is 0 Å². The average Bonchev–Trinajstić information content (AvgIpc) is 2.64. The number of carbonyl (C=O) groups is 2. The van der Waals surface area contributed by atoms with Crippen molar-refractivity contribution in [2.75, 3.05) is 18.9 Å². The molecule has 1 heterocycles. The van der Waals surface area contributed by atoms with E-state index in [2.05, 4.69) is 5.32 Å². The number of anilines is 1. The van der Waals surface area contributed by atoms with Gasteiger partial charge in [-0.1, -0.05) is 24.3 Å². The Bertz CT molecular complexity index is 881. The number of para-hydroxylation sites is 1. The lowest BCUT2D eigenvalue weighted by Crippen LogP contribution is -2.47. The molecule has 1 aliphatic heterocycles. The third-order valence-corrected chi connectivity index (χ3v) is 4.89. The molecule has 1 aliphatic rings. The number of nitrogens with zero attached hydrogens (tertiary/aromatic N) is 1. The highest BCUT2D eigenvalue weighted by Gasteiger charge is 2.42. The van der Waals surface area contributed by atoms with Crippen LogP contribution < -0.4 is 5.32 Å². The first-order valence-corrected chi connectivity index (χ1v) is 8.66. The number of rotatable bonds is 3. The molecular weight excluding hydrogens is 376 g/mol. The summed E-state index contributed by atoms with van der Waals surface area (Å²) in [4.78, 5) is 26.9. The summed E-state index contributed by atoms with van der Waals surface area (Å²) in [6, 6.07) is 10.0. The maximum Gasteiger partial charge on any atom is 0.418 e. The highest BCUT2D eigenvalue weighted by Crippen LogP contribution is 2.37. The Hall–Kier alpha value is -2.90. The number of halogens is 4. The van der Waals surface area contributed by atoms with Crippen molar-refractivity contribution < 1.29 is 27.2 Å². The SMILES string of the molecule is CN1CC[C@H](c2ccc(F)cc2)[C@@H](C(=O)Nc2ccccc2C(F)(F)F)C1=O. The van der Waals surface area contributed by atoms with Crippen LogP contribution in [0, 0.1) is 11.7 Å². The third-order valence-electron chi connectivity index (χ3n) is 4.89. The predicted molar refractivity (Wildman–Crippen MR) is 95.0 cm³/mol. The lowest BCUT2D eigenvalue weighted by molar-refractivity contribution is -0.143. The highest BCUT2D eigenvalue weighted by atomic mass is 19.4. The van der Waals surface area contributed by atoms with Crippen molar-refractivity contribution in [3.05, 3.63) is 65.5 Å². The van der Waals surface area contributed by atoms with E-state index in [1.165, 1.54) is 48.3 Å². The number of carbonyl (C=O) groups excluding carboxylic acids is 2. The van der Waals surface area contributed by atoms with Crippen LogP contribution in [0.5, 0.6) is 0 Å². The summed E-state index contributed by atoms with van der Waals surface area (Å²) in [5, 5.41) is 2.27. The number of likely N-dealkylation sites (tertiary alicyclic amines) is 1. The molecule has 148 valence electrons. The second kappa shape index (κ2) is 7.61. The van der Waals surface area contributed by atoms with E-state index in [9.17, 15) is 27.2 Å². The number of hydrogen-bond donors (Lipinski definition) is 1. The number of piperidine rings is 1. The summed E-state index contributed by atoms with van der Waals surface area (Å²) in [5.74, 6) is -3.51. The normalized spacial score (nSPS) is 20.2. The van der Waals surface area contributed by atoms with Crippen molar-refractivity contribution >= 4 is 17.5 Å². The Morgan fingerprint density at radius 2 is 1.75 bits per heavy atom. The molecule has 1 saturated heterocycles. The fourth-order valence-electron chi connectivity index (χ4n) is 3.43. The Morgan fingerprint density at radius 1 is 1.11 bits per heavy atom. The van der Waals surface area contributed by atoms with Gasteiger partial charge in [0.15, 0.2) is 0 Å². The molecule has 1 N–H and O–H groups in total. The van der Waals surface area contributed by atoms with Crippen molar-refractivity contribution in [1.29, 1.82) is 0 Å². The van der Waals surface area contributed by atoms with E-state index in [-0.39, 0.29) is 0 Å². The van der Waals surface area contributed by atoms with Gasteiger partial charge in [0.05, 0.1) is 11.3 Å². The molecule has 0 spiro atoms. The first kappa shape index (κ1) is 19.9. The number of hydrogen-bond acceptors (Lipinski definition) is 2. The van der Waals surface area contributed by atoms with E-state index in [0.717, 1.165) is 12.1 Å². The smallest absolute Gasteiger partial charge is 0.345 e. The number of alkyl halides is 3. The highest BCUT2D eigenvalue weighted by molar-refractivity contribution is 6.07. The number of amides is 2.